The molecule has 2 fully saturated rings. The van der Waals surface area contributed by atoms with Gasteiger partial charge in [-0.05, 0) is 55.2 Å². The number of amides is 3. The van der Waals surface area contributed by atoms with Crippen LogP contribution in [0.3, 0.4) is 0 Å². The van der Waals surface area contributed by atoms with Gasteiger partial charge >= 0.3 is 5.97 Å². The molecule has 2 aliphatic heterocycles. The van der Waals surface area contributed by atoms with Crippen LogP contribution in [0.5, 0.6) is 0 Å². The van der Waals surface area contributed by atoms with Gasteiger partial charge in [-0.25, -0.2) is 0 Å². The van der Waals surface area contributed by atoms with Gasteiger partial charge in [-0.3, -0.25) is 24.5 Å². The van der Waals surface area contributed by atoms with Crippen molar-refractivity contribution in [2.45, 2.75) is 57.0 Å². The maximum Gasteiger partial charge on any atom is 0.306 e. The number of carboxylic acid groups (broad SMARTS) is 1. The van der Waals surface area contributed by atoms with Gasteiger partial charge in [0.2, 0.25) is 11.8 Å². The number of rotatable bonds is 3. The first kappa shape index (κ1) is 17.7. The fraction of sp³-hybridized carbons (Fsp3) is 0.500. The predicted octanol–water partition coefficient (Wildman–Crippen LogP) is 1.81. The molecular weight excluding hydrogens is 348 g/mol. The first-order valence-corrected chi connectivity index (χ1v) is 9.45. The summed E-state index contributed by atoms with van der Waals surface area (Å²) >= 11 is 0. The van der Waals surface area contributed by atoms with Crippen molar-refractivity contribution in [1.82, 2.24) is 10.2 Å². The SMILES string of the molecule is O=C1CCC(N2Cc3c(cccc3C3CCC(C(=O)O)CC3)C2=O)C(=O)N1. The van der Waals surface area contributed by atoms with E-state index in [0.717, 1.165) is 24.0 Å². The number of hydrogen-bond donors (Lipinski definition) is 2. The summed E-state index contributed by atoms with van der Waals surface area (Å²) in [5, 5.41) is 11.5. The van der Waals surface area contributed by atoms with Crippen LogP contribution in [0.1, 0.15) is 65.9 Å². The zero-order chi connectivity index (χ0) is 19.1. The lowest BCUT2D eigenvalue weighted by Crippen LogP contribution is -2.52. The highest BCUT2D eigenvalue weighted by atomic mass is 16.4. The Morgan fingerprint density at radius 3 is 2.48 bits per heavy atom. The number of imide groups is 1. The minimum Gasteiger partial charge on any atom is -0.481 e. The summed E-state index contributed by atoms with van der Waals surface area (Å²) in [6.45, 7) is 0.371. The number of carbonyl (C=O) groups is 4. The molecule has 0 radical (unpaired) electrons. The van der Waals surface area contributed by atoms with E-state index >= 15 is 0 Å². The molecule has 4 rings (SSSR count). The van der Waals surface area contributed by atoms with Crippen molar-refractivity contribution < 1.29 is 24.3 Å². The Kier molecular flexibility index (Phi) is 4.45. The Bertz CT molecular complexity index is 826. The molecule has 3 aliphatic rings. The summed E-state index contributed by atoms with van der Waals surface area (Å²) < 4.78 is 0. The Morgan fingerprint density at radius 1 is 1.07 bits per heavy atom. The van der Waals surface area contributed by atoms with E-state index in [-0.39, 0.29) is 30.1 Å². The molecule has 1 saturated carbocycles. The van der Waals surface area contributed by atoms with Crippen molar-refractivity contribution in [3.63, 3.8) is 0 Å². The molecule has 1 aromatic rings. The van der Waals surface area contributed by atoms with Crippen LogP contribution in [0, 0.1) is 5.92 Å². The zero-order valence-electron chi connectivity index (χ0n) is 14.9. The summed E-state index contributed by atoms with van der Waals surface area (Å²) in [7, 11) is 0. The number of carboxylic acids is 1. The number of aliphatic carboxylic acids is 1. The maximum absolute atomic E-state index is 12.9. The van der Waals surface area contributed by atoms with E-state index in [2.05, 4.69) is 5.32 Å². The number of nitrogens with zero attached hydrogens (tertiary/aromatic N) is 1. The lowest BCUT2D eigenvalue weighted by molar-refractivity contribution is -0.143. The molecule has 27 heavy (non-hydrogen) atoms. The minimum absolute atomic E-state index is 0.166. The first-order chi connectivity index (χ1) is 13.0. The zero-order valence-corrected chi connectivity index (χ0v) is 14.9. The predicted molar refractivity (Wildman–Crippen MR) is 94.8 cm³/mol. The smallest absolute Gasteiger partial charge is 0.306 e. The van der Waals surface area contributed by atoms with Gasteiger partial charge in [0.15, 0.2) is 0 Å². The Morgan fingerprint density at radius 2 is 1.81 bits per heavy atom. The fourth-order valence-electron chi connectivity index (χ4n) is 4.64. The largest absolute Gasteiger partial charge is 0.481 e. The van der Waals surface area contributed by atoms with Crippen LogP contribution in [0.4, 0.5) is 0 Å². The highest BCUT2D eigenvalue weighted by molar-refractivity contribution is 6.05. The van der Waals surface area contributed by atoms with Gasteiger partial charge in [0.1, 0.15) is 6.04 Å². The van der Waals surface area contributed by atoms with Crippen LogP contribution < -0.4 is 5.32 Å². The average molecular weight is 370 g/mol. The maximum atomic E-state index is 12.9. The Hall–Kier alpha value is -2.70. The van der Waals surface area contributed by atoms with Gasteiger partial charge in [0, 0.05) is 18.5 Å². The number of carbonyl (C=O) groups excluding carboxylic acids is 3. The third kappa shape index (κ3) is 3.11. The number of benzene rings is 1. The van der Waals surface area contributed by atoms with Gasteiger partial charge in [-0.15, -0.1) is 0 Å². The second kappa shape index (κ2) is 6.79. The van der Waals surface area contributed by atoms with E-state index in [9.17, 15) is 24.3 Å². The van der Waals surface area contributed by atoms with Crippen LogP contribution in [0.2, 0.25) is 0 Å². The van der Waals surface area contributed by atoms with Gasteiger partial charge in [0.05, 0.1) is 5.92 Å². The molecule has 1 aromatic carbocycles. The Balaban J connectivity index is 1.56. The number of fused-ring (bicyclic) bond motifs is 1. The average Bonchev–Trinajstić information content (AvgIpc) is 2.98. The summed E-state index contributed by atoms with van der Waals surface area (Å²) in [4.78, 5) is 49.2. The quantitative estimate of drug-likeness (QED) is 0.790. The van der Waals surface area contributed by atoms with E-state index in [4.69, 9.17) is 0 Å². The van der Waals surface area contributed by atoms with Gasteiger partial charge in [0.25, 0.3) is 5.91 Å². The van der Waals surface area contributed by atoms with E-state index < -0.39 is 17.9 Å². The molecule has 2 heterocycles. The fourth-order valence-corrected chi connectivity index (χ4v) is 4.64. The first-order valence-electron chi connectivity index (χ1n) is 9.45. The molecule has 3 amide bonds. The standard InChI is InChI=1S/C20H22N2O5/c23-17-9-8-16(18(24)21-17)22-10-15-13(2-1-3-14(15)19(22)25)11-4-6-12(7-5-11)20(26)27/h1-3,11-12,16H,4-10H2,(H,26,27)(H,21,23,24). The third-order valence-corrected chi connectivity index (χ3v) is 6.13. The van der Waals surface area contributed by atoms with Crippen molar-refractivity contribution in [2.24, 2.45) is 5.92 Å². The van der Waals surface area contributed by atoms with Crippen molar-refractivity contribution in [1.29, 1.82) is 0 Å². The second-order valence-electron chi connectivity index (χ2n) is 7.66. The van der Waals surface area contributed by atoms with Crippen molar-refractivity contribution in [3.05, 3.63) is 34.9 Å². The van der Waals surface area contributed by atoms with Gasteiger partial charge in [-0.1, -0.05) is 12.1 Å². The number of nitrogens with one attached hydrogen (secondary N) is 1. The minimum atomic E-state index is -0.731. The van der Waals surface area contributed by atoms with E-state index in [1.165, 1.54) is 0 Å². The number of piperidine rings is 1. The molecular formula is C20H22N2O5. The van der Waals surface area contributed by atoms with Crippen LogP contribution in [-0.2, 0) is 20.9 Å². The molecule has 2 N–H and O–H groups in total. The third-order valence-electron chi connectivity index (χ3n) is 6.13. The van der Waals surface area contributed by atoms with Crippen LogP contribution >= 0.6 is 0 Å². The summed E-state index contributed by atoms with van der Waals surface area (Å²) in [6.07, 6.45) is 3.47. The molecule has 0 spiro atoms. The molecule has 0 bridgehead atoms. The lowest BCUT2D eigenvalue weighted by Gasteiger charge is -2.30. The van der Waals surface area contributed by atoms with E-state index in [1.807, 2.05) is 12.1 Å². The van der Waals surface area contributed by atoms with E-state index in [1.54, 1.807) is 11.0 Å². The molecule has 7 heteroatoms. The molecule has 1 aliphatic carbocycles. The van der Waals surface area contributed by atoms with Crippen LogP contribution in [0.25, 0.3) is 0 Å². The Labute approximate surface area is 156 Å². The second-order valence-corrected chi connectivity index (χ2v) is 7.66. The molecule has 1 saturated heterocycles. The summed E-state index contributed by atoms with van der Waals surface area (Å²) in [6, 6.07) is 5.06. The normalized spacial score (nSPS) is 28.1. The number of hydrogen-bond acceptors (Lipinski definition) is 4. The highest BCUT2D eigenvalue weighted by Gasteiger charge is 2.40. The van der Waals surface area contributed by atoms with Gasteiger partial charge < -0.3 is 10.0 Å². The molecule has 142 valence electrons. The monoisotopic (exact) mass is 370 g/mol. The van der Waals surface area contributed by atoms with Crippen molar-refractivity contribution in [2.75, 3.05) is 0 Å². The molecule has 1 unspecified atom stereocenters. The molecule has 7 nitrogen and oxygen atoms in total. The summed E-state index contributed by atoms with van der Waals surface area (Å²) in [5.41, 5.74) is 2.67. The van der Waals surface area contributed by atoms with Crippen molar-refractivity contribution >= 4 is 23.7 Å². The lowest BCUT2D eigenvalue weighted by atomic mass is 9.77. The van der Waals surface area contributed by atoms with E-state index in [0.29, 0.717) is 31.4 Å². The molecule has 1 atom stereocenters. The van der Waals surface area contributed by atoms with Gasteiger partial charge in [-0.2, -0.15) is 0 Å². The highest BCUT2D eigenvalue weighted by Crippen LogP contribution is 2.40. The topological polar surface area (TPSA) is 104 Å². The summed E-state index contributed by atoms with van der Waals surface area (Å²) in [5.74, 6) is -1.64. The molecule has 0 aromatic heterocycles. The van der Waals surface area contributed by atoms with Crippen LogP contribution in [-0.4, -0.2) is 39.7 Å². The van der Waals surface area contributed by atoms with Crippen LogP contribution in [0.15, 0.2) is 18.2 Å². The van der Waals surface area contributed by atoms with Crippen molar-refractivity contribution in [3.8, 4) is 0 Å².